The van der Waals surface area contributed by atoms with Crippen molar-refractivity contribution < 1.29 is 9.21 Å². The Labute approximate surface area is 132 Å². The van der Waals surface area contributed by atoms with Gasteiger partial charge >= 0.3 is 0 Å². The van der Waals surface area contributed by atoms with Gasteiger partial charge in [-0.05, 0) is 24.1 Å². The highest BCUT2D eigenvalue weighted by molar-refractivity contribution is 8.26. The highest BCUT2D eigenvalue weighted by Crippen LogP contribution is 2.32. The zero-order valence-electron chi connectivity index (χ0n) is 11.2. The zero-order valence-corrected chi connectivity index (χ0v) is 12.8. The molecule has 21 heavy (non-hydrogen) atoms. The van der Waals surface area contributed by atoms with Gasteiger partial charge < -0.3 is 4.42 Å². The van der Waals surface area contributed by atoms with Gasteiger partial charge in [-0.2, -0.15) is 0 Å². The summed E-state index contributed by atoms with van der Waals surface area (Å²) >= 11 is 6.63. The van der Waals surface area contributed by atoms with E-state index in [4.69, 9.17) is 16.6 Å². The van der Waals surface area contributed by atoms with Gasteiger partial charge in [0.1, 0.15) is 10.1 Å². The molecule has 1 aliphatic rings. The highest BCUT2D eigenvalue weighted by Gasteiger charge is 2.31. The number of amides is 1. The first-order chi connectivity index (χ1) is 10.2. The number of carbonyl (C=O) groups excluding carboxylic acids is 1. The molecular weight excluding hydrogens is 302 g/mol. The molecule has 3 rings (SSSR count). The monoisotopic (exact) mass is 315 g/mol. The minimum Gasteiger partial charge on any atom is -0.465 e. The molecule has 0 spiro atoms. The summed E-state index contributed by atoms with van der Waals surface area (Å²) in [5, 5.41) is 0. The van der Waals surface area contributed by atoms with Crippen molar-refractivity contribution in [2.24, 2.45) is 0 Å². The largest absolute Gasteiger partial charge is 0.465 e. The summed E-state index contributed by atoms with van der Waals surface area (Å²) in [4.78, 5) is 14.6. The lowest BCUT2D eigenvalue weighted by Gasteiger charge is -2.14. The topological polar surface area (TPSA) is 33.5 Å². The maximum Gasteiger partial charge on any atom is 0.266 e. The van der Waals surface area contributed by atoms with Crippen molar-refractivity contribution in [3.8, 4) is 0 Å². The van der Waals surface area contributed by atoms with Gasteiger partial charge in [-0.3, -0.25) is 9.69 Å². The van der Waals surface area contributed by atoms with Crippen LogP contribution < -0.4 is 0 Å². The Morgan fingerprint density at radius 2 is 2.00 bits per heavy atom. The molecule has 1 amide bonds. The average molecular weight is 315 g/mol. The van der Waals surface area contributed by atoms with E-state index >= 15 is 0 Å². The van der Waals surface area contributed by atoms with Gasteiger partial charge in [-0.15, -0.1) is 0 Å². The summed E-state index contributed by atoms with van der Waals surface area (Å²) in [6.45, 7) is 0.601. The second-order valence-corrected chi connectivity index (χ2v) is 6.26. The summed E-state index contributed by atoms with van der Waals surface area (Å²) in [6.07, 6.45) is 4.12. The molecule has 0 N–H and O–H groups in total. The maximum absolute atomic E-state index is 12.4. The standard InChI is InChI=1S/C16H13NO2S2/c18-15-14(11-13-7-4-10-19-13)21-16(20)17(15)9-8-12-5-2-1-3-6-12/h1-7,10-11H,8-9H2. The van der Waals surface area contributed by atoms with E-state index in [1.165, 1.54) is 17.3 Å². The second kappa shape index (κ2) is 6.28. The molecule has 1 aromatic carbocycles. The fraction of sp³-hybridized carbons (Fsp3) is 0.125. The molecule has 0 aliphatic carbocycles. The SMILES string of the molecule is O=C1C(=Cc2ccco2)SC(=S)N1CCc1ccccc1. The van der Waals surface area contributed by atoms with Crippen molar-refractivity contribution in [1.29, 1.82) is 0 Å². The van der Waals surface area contributed by atoms with Gasteiger partial charge in [0.25, 0.3) is 5.91 Å². The van der Waals surface area contributed by atoms with Crippen LogP contribution >= 0.6 is 24.0 Å². The molecule has 0 unspecified atom stereocenters. The number of hydrogen-bond donors (Lipinski definition) is 0. The van der Waals surface area contributed by atoms with Gasteiger partial charge in [0, 0.05) is 12.6 Å². The third-order valence-electron chi connectivity index (χ3n) is 3.16. The molecule has 3 nitrogen and oxygen atoms in total. The van der Waals surface area contributed by atoms with E-state index < -0.39 is 0 Å². The summed E-state index contributed by atoms with van der Waals surface area (Å²) in [5.74, 6) is 0.621. The van der Waals surface area contributed by atoms with Crippen LogP contribution in [0.15, 0.2) is 58.1 Å². The predicted molar refractivity (Wildman–Crippen MR) is 88.7 cm³/mol. The second-order valence-electron chi connectivity index (χ2n) is 4.58. The van der Waals surface area contributed by atoms with E-state index in [0.29, 0.717) is 21.5 Å². The molecule has 0 atom stereocenters. The van der Waals surface area contributed by atoms with E-state index in [9.17, 15) is 4.79 Å². The van der Waals surface area contributed by atoms with Gasteiger partial charge in [-0.1, -0.05) is 54.3 Å². The van der Waals surface area contributed by atoms with Crippen molar-refractivity contribution in [3.63, 3.8) is 0 Å². The van der Waals surface area contributed by atoms with E-state index in [1.54, 1.807) is 23.3 Å². The fourth-order valence-corrected chi connectivity index (χ4v) is 3.37. The quantitative estimate of drug-likeness (QED) is 0.636. The number of thiocarbonyl (C=S) groups is 1. The van der Waals surface area contributed by atoms with Crippen molar-refractivity contribution >= 4 is 40.3 Å². The number of nitrogens with zero attached hydrogens (tertiary/aromatic N) is 1. The van der Waals surface area contributed by atoms with Crippen LogP contribution in [0.2, 0.25) is 0 Å². The molecule has 1 saturated heterocycles. The smallest absolute Gasteiger partial charge is 0.266 e. The first kappa shape index (κ1) is 14.1. The molecule has 2 heterocycles. The van der Waals surface area contributed by atoms with E-state index in [0.717, 1.165) is 6.42 Å². The molecule has 106 valence electrons. The summed E-state index contributed by atoms with van der Waals surface area (Å²) in [7, 11) is 0. The van der Waals surface area contributed by atoms with Crippen LogP contribution in [0.4, 0.5) is 0 Å². The number of benzene rings is 1. The number of furan rings is 1. The Kier molecular flexibility index (Phi) is 4.22. The van der Waals surface area contributed by atoms with Crippen LogP contribution in [0, 0.1) is 0 Å². The lowest BCUT2D eigenvalue weighted by atomic mass is 10.1. The zero-order chi connectivity index (χ0) is 14.7. The summed E-state index contributed by atoms with van der Waals surface area (Å²) in [6, 6.07) is 13.7. The van der Waals surface area contributed by atoms with Crippen LogP contribution in [-0.4, -0.2) is 21.7 Å². The summed E-state index contributed by atoms with van der Waals surface area (Å²) in [5.41, 5.74) is 1.20. The number of hydrogen-bond acceptors (Lipinski definition) is 4. The molecule has 0 bridgehead atoms. The molecule has 0 radical (unpaired) electrons. The van der Waals surface area contributed by atoms with Crippen molar-refractivity contribution in [2.75, 3.05) is 6.54 Å². The van der Waals surface area contributed by atoms with Crippen LogP contribution in [0.3, 0.4) is 0 Å². The predicted octanol–water partition coefficient (Wildman–Crippen LogP) is 3.72. The van der Waals surface area contributed by atoms with Gasteiger partial charge in [0.15, 0.2) is 0 Å². The molecule has 2 aromatic rings. The fourth-order valence-electron chi connectivity index (χ4n) is 2.08. The van der Waals surface area contributed by atoms with E-state index in [1.807, 2.05) is 24.3 Å². The lowest BCUT2D eigenvalue weighted by Crippen LogP contribution is -2.30. The van der Waals surface area contributed by atoms with Gasteiger partial charge in [-0.25, -0.2) is 0 Å². The van der Waals surface area contributed by atoms with Crippen LogP contribution in [0.25, 0.3) is 6.08 Å². The van der Waals surface area contributed by atoms with Gasteiger partial charge in [0.05, 0.1) is 11.2 Å². The maximum atomic E-state index is 12.4. The third-order valence-corrected chi connectivity index (χ3v) is 4.53. The Hall–Kier alpha value is -1.85. The Morgan fingerprint density at radius 3 is 2.71 bits per heavy atom. The molecule has 1 fully saturated rings. The van der Waals surface area contributed by atoms with Crippen molar-refractivity contribution in [3.05, 3.63) is 65.0 Å². The van der Waals surface area contributed by atoms with Crippen LogP contribution in [0.5, 0.6) is 0 Å². The lowest BCUT2D eigenvalue weighted by molar-refractivity contribution is -0.122. The average Bonchev–Trinajstić information content (AvgIpc) is 3.09. The number of carbonyl (C=O) groups is 1. The first-order valence-corrected chi connectivity index (χ1v) is 7.79. The molecule has 0 saturated carbocycles. The Morgan fingerprint density at radius 1 is 1.19 bits per heavy atom. The Balaban J connectivity index is 1.69. The van der Waals surface area contributed by atoms with E-state index in [-0.39, 0.29) is 5.91 Å². The molecule has 1 aliphatic heterocycles. The Bertz CT molecular complexity index is 678. The molecule has 5 heteroatoms. The van der Waals surface area contributed by atoms with Crippen LogP contribution in [-0.2, 0) is 11.2 Å². The minimum atomic E-state index is -0.0441. The third kappa shape index (κ3) is 3.25. The highest BCUT2D eigenvalue weighted by atomic mass is 32.2. The van der Waals surface area contributed by atoms with E-state index in [2.05, 4.69) is 12.1 Å². The molecule has 1 aromatic heterocycles. The first-order valence-electron chi connectivity index (χ1n) is 6.57. The minimum absolute atomic E-state index is 0.0441. The normalized spacial score (nSPS) is 17.0. The number of rotatable bonds is 4. The van der Waals surface area contributed by atoms with Crippen molar-refractivity contribution in [1.82, 2.24) is 4.90 Å². The van der Waals surface area contributed by atoms with Gasteiger partial charge in [0.2, 0.25) is 0 Å². The number of thioether (sulfide) groups is 1. The van der Waals surface area contributed by atoms with Crippen LogP contribution in [0.1, 0.15) is 11.3 Å². The molecular formula is C16H13NO2S2. The summed E-state index contributed by atoms with van der Waals surface area (Å²) < 4.78 is 5.85. The van der Waals surface area contributed by atoms with Crippen molar-refractivity contribution in [2.45, 2.75) is 6.42 Å².